The minimum atomic E-state index is -0.648. The van der Waals surface area contributed by atoms with Crippen LogP contribution >= 0.6 is 0 Å². The van der Waals surface area contributed by atoms with Gasteiger partial charge in [0.15, 0.2) is 0 Å². The van der Waals surface area contributed by atoms with Gasteiger partial charge in [0.25, 0.3) is 0 Å². The predicted molar refractivity (Wildman–Crippen MR) is 60.3 cm³/mol. The van der Waals surface area contributed by atoms with Crippen molar-refractivity contribution in [2.45, 2.75) is 32.8 Å². The van der Waals surface area contributed by atoms with Crippen molar-refractivity contribution in [3.8, 4) is 6.07 Å². The highest BCUT2D eigenvalue weighted by atomic mass is 16.3. The van der Waals surface area contributed by atoms with Crippen LogP contribution in [0.3, 0.4) is 0 Å². The Morgan fingerprint density at radius 2 is 1.73 bits per heavy atom. The molecule has 0 unspecified atom stereocenters. The van der Waals surface area contributed by atoms with Crippen molar-refractivity contribution in [1.29, 1.82) is 5.26 Å². The first-order valence-corrected chi connectivity index (χ1v) is 5.09. The summed E-state index contributed by atoms with van der Waals surface area (Å²) in [6.07, 6.45) is -0.648. The summed E-state index contributed by atoms with van der Waals surface area (Å²) in [6, 6.07) is 11.6. The van der Waals surface area contributed by atoms with Gasteiger partial charge < -0.3 is 5.11 Å². The fourth-order valence-corrected chi connectivity index (χ4v) is 1.49. The first kappa shape index (κ1) is 11.7. The average Bonchev–Trinajstić information content (AvgIpc) is 2.19. The van der Waals surface area contributed by atoms with Crippen LogP contribution in [0.2, 0.25) is 0 Å². The largest absolute Gasteiger partial charge is 0.391 e. The first-order valence-electron chi connectivity index (χ1n) is 5.09. The molecule has 0 saturated heterocycles. The third kappa shape index (κ3) is 2.81. The molecule has 0 bridgehead atoms. The number of hydrogen-bond acceptors (Lipinski definition) is 2. The van der Waals surface area contributed by atoms with Crippen molar-refractivity contribution < 1.29 is 5.11 Å². The smallest absolute Gasteiger partial charge is 0.0976 e. The number of hydrogen-bond donors (Lipinski definition) is 1. The summed E-state index contributed by atoms with van der Waals surface area (Å²) < 4.78 is 0. The van der Waals surface area contributed by atoms with Gasteiger partial charge in [0.2, 0.25) is 0 Å². The molecule has 0 saturated carbocycles. The van der Waals surface area contributed by atoms with Gasteiger partial charge >= 0.3 is 0 Å². The van der Waals surface area contributed by atoms with Crippen LogP contribution in [0.1, 0.15) is 32.3 Å². The van der Waals surface area contributed by atoms with E-state index in [-0.39, 0.29) is 5.41 Å². The molecule has 15 heavy (non-hydrogen) atoms. The Hall–Kier alpha value is -1.33. The van der Waals surface area contributed by atoms with Crippen LogP contribution in [0, 0.1) is 16.7 Å². The van der Waals surface area contributed by atoms with Gasteiger partial charge in [-0.2, -0.15) is 5.26 Å². The lowest BCUT2D eigenvalue weighted by Crippen LogP contribution is -2.31. The van der Waals surface area contributed by atoms with Crippen molar-refractivity contribution >= 4 is 0 Å². The number of rotatable bonds is 2. The number of aliphatic hydroxyl groups is 1. The summed E-state index contributed by atoms with van der Waals surface area (Å²) in [6.45, 7) is 5.81. The summed E-state index contributed by atoms with van der Waals surface area (Å²) in [5, 5.41) is 19.2. The molecule has 1 rings (SSSR count). The average molecular weight is 203 g/mol. The molecule has 1 aromatic carbocycles. The minimum absolute atomic E-state index is 0.282. The summed E-state index contributed by atoms with van der Waals surface area (Å²) in [5.74, 6) is -0.453. The number of aliphatic hydroxyl groups excluding tert-OH is 1. The van der Waals surface area contributed by atoms with Crippen LogP contribution < -0.4 is 0 Å². The van der Waals surface area contributed by atoms with Crippen molar-refractivity contribution in [3.05, 3.63) is 35.9 Å². The zero-order chi connectivity index (χ0) is 11.5. The molecule has 0 heterocycles. The molecule has 0 aliphatic carbocycles. The SMILES string of the molecule is CC(C)(C)[C@@H](O)[C@H](C#N)c1ccccc1. The van der Waals surface area contributed by atoms with Crippen LogP contribution in [0.25, 0.3) is 0 Å². The summed E-state index contributed by atoms with van der Waals surface area (Å²) in [5.41, 5.74) is 0.596. The molecular formula is C13H17NO. The van der Waals surface area contributed by atoms with Gasteiger partial charge in [-0.1, -0.05) is 51.1 Å². The first-order chi connectivity index (χ1) is 6.96. The van der Waals surface area contributed by atoms with Gasteiger partial charge in [-0.3, -0.25) is 0 Å². The fourth-order valence-electron chi connectivity index (χ4n) is 1.49. The third-order valence-electron chi connectivity index (χ3n) is 2.50. The highest BCUT2D eigenvalue weighted by Gasteiger charge is 2.31. The maximum atomic E-state index is 10.1. The summed E-state index contributed by atoms with van der Waals surface area (Å²) in [4.78, 5) is 0. The normalized spacial score (nSPS) is 15.4. The van der Waals surface area contributed by atoms with E-state index in [1.54, 1.807) is 0 Å². The standard InChI is InChI=1S/C13H17NO/c1-13(2,3)12(15)11(9-14)10-7-5-4-6-8-10/h4-8,11-12,15H,1-3H3/t11-,12+/m1/s1. The number of nitriles is 1. The molecule has 0 spiro atoms. The highest BCUT2D eigenvalue weighted by molar-refractivity contribution is 5.26. The predicted octanol–water partition coefficient (Wildman–Crippen LogP) is 2.70. The quantitative estimate of drug-likeness (QED) is 0.803. The monoisotopic (exact) mass is 203 g/mol. The Bertz CT molecular complexity index is 345. The second-order valence-corrected chi connectivity index (χ2v) is 4.83. The molecule has 2 atom stereocenters. The molecule has 80 valence electrons. The molecule has 2 nitrogen and oxygen atoms in total. The van der Waals surface area contributed by atoms with Crippen molar-refractivity contribution in [1.82, 2.24) is 0 Å². The molecule has 0 fully saturated rings. The van der Waals surface area contributed by atoms with Gasteiger partial charge in [0.05, 0.1) is 18.1 Å². The van der Waals surface area contributed by atoms with E-state index in [4.69, 9.17) is 5.26 Å². The lowest BCUT2D eigenvalue weighted by molar-refractivity contribution is 0.0527. The van der Waals surface area contributed by atoms with Crippen LogP contribution in [0.15, 0.2) is 30.3 Å². The molecule has 0 radical (unpaired) electrons. The molecule has 1 aromatic rings. The Morgan fingerprint density at radius 1 is 1.20 bits per heavy atom. The maximum Gasteiger partial charge on any atom is 0.0976 e. The van der Waals surface area contributed by atoms with Gasteiger partial charge in [0.1, 0.15) is 0 Å². The van der Waals surface area contributed by atoms with E-state index >= 15 is 0 Å². The topological polar surface area (TPSA) is 44.0 Å². The molecule has 0 aliphatic rings. The Balaban J connectivity index is 2.97. The van der Waals surface area contributed by atoms with Gasteiger partial charge in [0, 0.05) is 0 Å². The van der Waals surface area contributed by atoms with E-state index in [1.165, 1.54) is 0 Å². The van der Waals surface area contributed by atoms with E-state index in [2.05, 4.69) is 6.07 Å². The molecule has 1 N–H and O–H groups in total. The zero-order valence-corrected chi connectivity index (χ0v) is 9.44. The minimum Gasteiger partial charge on any atom is -0.391 e. The second-order valence-electron chi connectivity index (χ2n) is 4.83. The van der Waals surface area contributed by atoms with Gasteiger partial charge in [-0.15, -0.1) is 0 Å². The van der Waals surface area contributed by atoms with Gasteiger partial charge in [-0.05, 0) is 11.0 Å². The van der Waals surface area contributed by atoms with E-state index in [1.807, 2.05) is 51.1 Å². The maximum absolute atomic E-state index is 10.1. The lowest BCUT2D eigenvalue weighted by Gasteiger charge is -2.29. The fraction of sp³-hybridized carbons (Fsp3) is 0.462. The van der Waals surface area contributed by atoms with Crippen molar-refractivity contribution in [2.75, 3.05) is 0 Å². The Kier molecular flexibility index (Phi) is 3.49. The van der Waals surface area contributed by atoms with Crippen LogP contribution in [-0.2, 0) is 0 Å². The molecular weight excluding hydrogens is 186 g/mol. The van der Waals surface area contributed by atoms with E-state index in [0.717, 1.165) is 5.56 Å². The van der Waals surface area contributed by atoms with Crippen LogP contribution in [-0.4, -0.2) is 11.2 Å². The van der Waals surface area contributed by atoms with E-state index < -0.39 is 12.0 Å². The lowest BCUT2D eigenvalue weighted by atomic mass is 9.79. The third-order valence-corrected chi connectivity index (χ3v) is 2.50. The Morgan fingerprint density at radius 3 is 2.13 bits per heavy atom. The second kappa shape index (κ2) is 4.46. The van der Waals surface area contributed by atoms with Gasteiger partial charge in [-0.25, -0.2) is 0 Å². The zero-order valence-electron chi connectivity index (χ0n) is 9.44. The number of benzene rings is 1. The number of nitrogens with zero attached hydrogens (tertiary/aromatic N) is 1. The van der Waals surface area contributed by atoms with Crippen molar-refractivity contribution in [3.63, 3.8) is 0 Å². The highest BCUT2D eigenvalue weighted by Crippen LogP contribution is 2.31. The van der Waals surface area contributed by atoms with Crippen LogP contribution in [0.5, 0.6) is 0 Å². The van der Waals surface area contributed by atoms with Crippen LogP contribution in [0.4, 0.5) is 0 Å². The van der Waals surface area contributed by atoms with E-state index in [9.17, 15) is 5.11 Å². The Labute approximate surface area is 91.2 Å². The molecule has 0 amide bonds. The summed E-state index contributed by atoms with van der Waals surface area (Å²) >= 11 is 0. The summed E-state index contributed by atoms with van der Waals surface area (Å²) in [7, 11) is 0. The van der Waals surface area contributed by atoms with Crippen molar-refractivity contribution in [2.24, 2.45) is 5.41 Å². The molecule has 2 heteroatoms. The molecule has 0 aliphatic heterocycles. The van der Waals surface area contributed by atoms with E-state index in [0.29, 0.717) is 0 Å². The molecule has 0 aromatic heterocycles.